The number of nitrogens with zero attached hydrogens (tertiary/aromatic N) is 6. The molecule has 3 N–H and O–H groups in total. The summed E-state index contributed by atoms with van der Waals surface area (Å²) in [5.41, 5.74) is 5.95. The van der Waals surface area contributed by atoms with Crippen LogP contribution in [0.5, 0.6) is 0 Å². The number of aromatic nitrogens is 6. The summed E-state index contributed by atoms with van der Waals surface area (Å²) in [5.74, 6) is 0.584. The molecule has 5 rings (SSSR count). The zero-order valence-corrected chi connectivity index (χ0v) is 18.3. The Morgan fingerprint density at radius 3 is 2.81 bits per heavy atom. The van der Waals surface area contributed by atoms with E-state index in [9.17, 15) is 13.2 Å². The fraction of sp³-hybridized carbons (Fsp3) is 0.211. The van der Waals surface area contributed by atoms with Crippen LogP contribution in [0.4, 0.5) is 11.8 Å². The number of anilines is 2. The second kappa shape index (κ2) is 7.28. The standard InChI is InChI=1S/C19H17ClN8O3S/c1-10(23-16-15-12(24-19(21)25-16)6-9-32(15,30)31)17-26-27-8-5-11(20)14(27)18(29)28(17)13-4-2-3-7-22-13/h2-5,7-8,10H,6,9H2,1H3,(H3,21,23,24,25)/t10-/m0/s1. The quantitative estimate of drug-likeness (QED) is 0.449. The number of nitrogens with one attached hydrogen (secondary N) is 1. The molecule has 0 radical (unpaired) electrons. The molecule has 4 aromatic rings. The molecule has 0 aliphatic carbocycles. The van der Waals surface area contributed by atoms with Crippen molar-refractivity contribution < 1.29 is 8.42 Å². The van der Waals surface area contributed by atoms with Crippen molar-refractivity contribution in [2.45, 2.75) is 24.3 Å². The Morgan fingerprint density at radius 1 is 1.25 bits per heavy atom. The molecule has 13 heteroatoms. The van der Waals surface area contributed by atoms with Crippen LogP contribution < -0.4 is 16.6 Å². The Balaban J connectivity index is 1.69. The smallest absolute Gasteiger partial charge is 0.285 e. The maximum absolute atomic E-state index is 13.3. The third-order valence-corrected chi connectivity index (χ3v) is 7.25. The van der Waals surface area contributed by atoms with E-state index in [2.05, 4.69) is 25.4 Å². The number of hydrogen-bond acceptors (Lipinski definition) is 9. The summed E-state index contributed by atoms with van der Waals surface area (Å²) in [4.78, 5) is 25.8. The van der Waals surface area contributed by atoms with E-state index in [1.807, 2.05) is 0 Å². The van der Waals surface area contributed by atoms with Crippen LogP contribution >= 0.6 is 11.6 Å². The summed E-state index contributed by atoms with van der Waals surface area (Å²) in [7, 11) is -3.55. The first-order valence-electron chi connectivity index (χ1n) is 9.63. The number of pyridine rings is 1. The Kier molecular flexibility index (Phi) is 4.64. The zero-order chi connectivity index (χ0) is 22.6. The van der Waals surface area contributed by atoms with Gasteiger partial charge >= 0.3 is 0 Å². The summed E-state index contributed by atoms with van der Waals surface area (Å²) < 4.78 is 27.8. The van der Waals surface area contributed by atoms with Gasteiger partial charge in [0.2, 0.25) is 5.95 Å². The maximum Gasteiger partial charge on any atom is 0.285 e. The molecular formula is C19H17ClN8O3S. The van der Waals surface area contributed by atoms with Crippen molar-refractivity contribution in [1.29, 1.82) is 0 Å². The van der Waals surface area contributed by atoms with E-state index in [0.29, 0.717) is 11.5 Å². The first kappa shape index (κ1) is 20.4. The predicted octanol–water partition coefficient (Wildman–Crippen LogP) is 1.41. The molecule has 32 heavy (non-hydrogen) atoms. The van der Waals surface area contributed by atoms with Gasteiger partial charge in [-0.1, -0.05) is 17.7 Å². The van der Waals surface area contributed by atoms with Crippen LogP contribution in [0.2, 0.25) is 5.02 Å². The van der Waals surface area contributed by atoms with E-state index in [0.717, 1.165) is 0 Å². The van der Waals surface area contributed by atoms with Gasteiger partial charge in [-0.2, -0.15) is 10.1 Å². The van der Waals surface area contributed by atoms with E-state index in [-0.39, 0.29) is 45.2 Å². The van der Waals surface area contributed by atoms with Crippen molar-refractivity contribution in [1.82, 2.24) is 29.1 Å². The lowest BCUT2D eigenvalue weighted by Gasteiger charge is -2.20. The molecule has 0 saturated carbocycles. The molecule has 0 spiro atoms. The minimum absolute atomic E-state index is 0.0235. The second-order valence-electron chi connectivity index (χ2n) is 7.28. The topological polar surface area (TPSA) is 150 Å². The molecule has 0 unspecified atom stereocenters. The van der Waals surface area contributed by atoms with Gasteiger partial charge in [-0.15, -0.1) is 0 Å². The number of sulfone groups is 1. The van der Waals surface area contributed by atoms with Gasteiger partial charge in [0, 0.05) is 18.8 Å². The molecule has 0 fully saturated rings. The number of hydrogen-bond donors (Lipinski definition) is 2. The maximum atomic E-state index is 13.3. The van der Waals surface area contributed by atoms with Gasteiger partial charge in [-0.05, 0) is 25.1 Å². The molecule has 0 saturated heterocycles. The molecule has 164 valence electrons. The molecule has 4 aromatic heterocycles. The zero-order valence-electron chi connectivity index (χ0n) is 16.7. The SMILES string of the molecule is C[C@H](Nc1nc(N)nc2c1S(=O)(=O)CC2)c1nn2ccc(Cl)c2c(=O)n1-c1ccccn1. The Labute approximate surface area is 186 Å². The minimum atomic E-state index is -3.55. The Morgan fingerprint density at radius 2 is 2.06 bits per heavy atom. The Bertz CT molecular complexity index is 1530. The highest BCUT2D eigenvalue weighted by Crippen LogP contribution is 2.32. The molecule has 1 atom stereocenters. The van der Waals surface area contributed by atoms with E-state index in [4.69, 9.17) is 17.3 Å². The lowest BCUT2D eigenvalue weighted by molar-refractivity contribution is 0.599. The third kappa shape index (κ3) is 3.19. The number of halogens is 1. The van der Waals surface area contributed by atoms with E-state index in [1.54, 1.807) is 43.6 Å². The van der Waals surface area contributed by atoms with Gasteiger partial charge in [0.25, 0.3) is 5.56 Å². The summed E-state index contributed by atoms with van der Waals surface area (Å²) in [5, 5.41) is 7.86. The summed E-state index contributed by atoms with van der Waals surface area (Å²) in [6.07, 6.45) is 3.39. The number of fused-ring (bicyclic) bond motifs is 2. The van der Waals surface area contributed by atoms with Crippen molar-refractivity contribution >= 4 is 38.7 Å². The van der Waals surface area contributed by atoms with Crippen molar-refractivity contribution in [3.63, 3.8) is 0 Å². The number of nitrogen functional groups attached to an aromatic ring is 1. The fourth-order valence-electron chi connectivity index (χ4n) is 3.75. The first-order valence-corrected chi connectivity index (χ1v) is 11.7. The third-order valence-electron chi connectivity index (χ3n) is 5.15. The van der Waals surface area contributed by atoms with Crippen LogP contribution in [0, 0.1) is 0 Å². The van der Waals surface area contributed by atoms with Crippen LogP contribution in [0.3, 0.4) is 0 Å². The lowest BCUT2D eigenvalue weighted by atomic mass is 10.2. The van der Waals surface area contributed by atoms with Gasteiger partial charge < -0.3 is 11.1 Å². The van der Waals surface area contributed by atoms with Gasteiger partial charge in [0.1, 0.15) is 16.2 Å². The molecule has 1 aliphatic rings. The second-order valence-corrected chi connectivity index (χ2v) is 9.74. The molecular weight excluding hydrogens is 456 g/mol. The van der Waals surface area contributed by atoms with Gasteiger partial charge in [-0.25, -0.2) is 27.5 Å². The van der Waals surface area contributed by atoms with Crippen molar-refractivity contribution in [2.75, 3.05) is 16.8 Å². The highest BCUT2D eigenvalue weighted by molar-refractivity contribution is 7.91. The van der Waals surface area contributed by atoms with Crippen molar-refractivity contribution in [3.05, 3.63) is 63.6 Å². The number of nitrogens with two attached hydrogens (primary N) is 1. The first-order chi connectivity index (χ1) is 15.3. The molecule has 1 aliphatic heterocycles. The minimum Gasteiger partial charge on any atom is -0.368 e. The van der Waals surface area contributed by atoms with Gasteiger partial charge in [-0.3, -0.25) is 4.79 Å². The molecule has 0 bridgehead atoms. The van der Waals surface area contributed by atoms with Crippen LogP contribution in [0.15, 0.2) is 46.3 Å². The predicted molar refractivity (Wildman–Crippen MR) is 118 cm³/mol. The van der Waals surface area contributed by atoms with E-state index in [1.165, 1.54) is 9.08 Å². The Hall–Kier alpha value is -3.51. The van der Waals surface area contributed by atoms with Crippen LogP contribution in [-0.2, 0) is 16.3 Å². The normalized spacial score (nSPS) is 15.6. The molecule has 0 aromatic carbocycles. The summed E-state index contributed by atoms with van der Waals surface area (Å²) in [6.45, 7) is 1.73. The van der Waals surface area contributed by atoms with E-state index >= 15 is 0 Å². The van der Waals surface area contributed by atoms with Crippen LogP contribution in [-0.4, -0.2) is 43.3 Å². The molecule has 0 amide bonds. The lowest BCUT2D eigenvalue weighted by Crippen LogP contribution is -2.30. The average molecular weight is 473 g/mol. The van der Waals surface area contributed by atoms with Gasteiger partial charge in [0.15, 0.2) is 21.5 Å². The van der Waals surface area contributed by atoms with Crippen molar-refractivity contribution in [3.8, 4) is 5.82 Å². The fourth-order valence-corrected chi connectivity index (χ4v) is 5.54. The largest absolute Gasteiger partial charge is 0.368 e. The number of aryl methyl sites for hydroxylation is 1. The van der Waals surface area contributed by atoms with Gasteiger partial charge in [0.05, 0.1) is 22.5 Å². The molecule has 5 heterocycles. The van der Waals surface area contributed by atoms with Crippen LogP contribution in [0.25, 0.3) is 11.3 Å². The highest BCUT2D eigenvalue weighted by atomic mass is 35.5. The summed E-state index contributed by atoms with van der Waals surface area (Å²) in [6, 6.07) is 6.04. The number of rotatable bonds is 4. The van der Waals surface area contributed by atoms with Crippen molar-refractivity contribution in [2.24, 2.45) is 0 Å². The average Bonchev–Trinajstić information content (AvgIpc) is 3.27. The monoisotopic (exact) mass is 472 g/mol. The van der Waals surface area contributed by atoms with Crippen LogP contribution in [0.1, 0.15) is 24.5 Å². The highest BCUT2D eigenvalue weighted by Gasteiger charge is 2.33. The summed E-state index contributed by atoms with van der Waals surface area (Å²) >= 11 is 6.20. The molecule has 11 nitrogen and oxygen atoms in total. The van der Waals surface area contributed by atoms with E-state index < -0.39 is 21.4 Å².